The Morgan fingerprint density at radius 1 is 1.40 bits per heavy atom. The monoisotopic (exact) mass is 270 g/mol. The summed E-state index contributed by atoms with van der Waals surface area (Å²) in [5, 5.41) is 4.24. The zero-order valence-electron chi connectivity index (χ0n) is 11.9. The summed E-state index contributed by atoms with van der Waals surface area (Å²) in [6.07, 6.45) is 6.57. The molecule has 1 aliphatic rings. The normalized spacial score (nSPS) is 19.6. The fourth-order valence-electron chi connectivity index (χ4n) is 3.38. The number of nitrogens with zero attached hydrogens (tertiary/aromatic N) is 2. The number of hydrogen-bond donors (Lipinski definition) is 2. The van der Waals surface area contributed by atoms with Gasteiger partial charge in [0, 0.05) is 13.2 Å². The molecule has 0 spiro atoms. The van der Waals surface area contributed by atoms with Gasteiger partial charge in [-0.25, -0.2) is 0 Å². The maximum absolute atomic E-state index is 5.78. The van der Waals surface area contributed by atoms with Crippen LogP contribution in [0.15, 0.2) is 36.5 Å². The Hall–Kier alpha value is -1.65. The Balaban J connectivity index is 1.82. The number of hydrazine groups is 1. The Labute approximate surface area is 120 Å². The number of aryl methyl sites for hydroxylation is 2. The van der Waals surface area contributed by atoms with Crippen LogP contribution >= 0.6 is 0 Å². The number of hydrogen-bond acceptors (Lipinski definition) is 3. The summed E-state index contributed by atoms with van der Waals surface area (Å²) in [5.74, 6) is 6.36. The molecule has 20 heavy (non-hydrogen) atoms. The van der Waals surface area contributed by atoms with Gasteiger partial charge in [0.2, 0.25) is 0 Å². The third-order valence-corrected chi connectivity index (χ3v) is 4.43. The summed E-state index contributed by atoms with van der Waals surface area (Å²) in [6.45, 7) is 0. The molecule has 2 aromatic rings. The van der Waals surface area contributed by atoms with Crippen LogP contribution in [0.4, 0.5) is 0 Å². The molecule has 0 saturated carbocycles. The van der Waals surface area contributed by atoms with E-state index >= 15 is 0 Å². The maximum atomic E-state index is 5.78. The summed E-state index contributed by atoms with van der Waals surface area (Å²) in [6, 6.07) is 11.0. The second-order valence-electron chi connectivity index (χ2n) is 5.62. The van der Waals surface area contributed by atoms with Gasteiger partial charge in [0.1, 0.15) is 0 Å². The average molecular weight is 270 g/mol. The summed E-state index contributed by atoms with van der Waals surface area (Å²) < 4.78 is 1.90. The van der Waals surface area contributed by atoms with Crippen molar-refractivity contribution in [2.75, 3.05) is 0 Å². The van der Waals surface area contributed by atoms with Crippen LogP contribution in [-0.2, 0) is 13.5 Å². The van der Waals surface area contributed by atoms with Gasteiger partial charge in [0.05, 0.1) is 11.7 Å². The zero-order chi connectivity index (χ0) is 13.9. The van der Waals surface area contributed by atoms with Crippen LogP contribution in [0.2, 0.25) is 0 Å². The lowest BCUT2D eigenvalue weighted by molar-refractivity contribution is 0.408. The van der Waals surface area contributed by atoms with E-state index in [1.165, 1.54) is 30.4 Å². The molecular formula is C16H22N4. The first kappa shape index (κ1) is 13.3. The highest BCUT2D eigenvalue weighted by Crippen LogP contribution is 2.37. The lowest BCUT2D eigenvalue weighted by atomic mass is 9.79. The highest BCUT2D eigenvalue weighted by Gasteiger charge is 2.24. The molecule has 0 bridgehead atoms. The first-order chi connectivity index (χ1) is 9.79. The van der Waals surface area contributed by atoms with Gasteiger partial charge in [0.15, 0.2) is 0 Å². The van der Waals surface area contributed by atoms with Crippen molar-refractivity contribution in [3.05, 3.63) is 53.3 Å². The van der Waals surface area contributed by atoms with Crippen molar-refractivity contribution >= 4 is 0 Å². The highest BCUT2D eigenvalue weighted by molar-refractivity contribution is 5.33. The van der Waals surface area contributed by atoms with Gasteiger partial charge in [-0.15, -0.1) is 0 Å². The van der Waals surface area contributed by atoms with Gasteiger partial charge < -0.3 is 0 Å². The van der Waals surface area contributed by atoms with Crippen LogP contribution in [-0.4, -0.2) is 9.78 Å². The SMILES string of the molecule is Cn1nccc1C(CC1CCCc2ccccc21)NN. The van der Waals surface area contributed by atoms with Crippen molar-refractivity contribution in [1.82, 2.24) is 15.2 Å². The molecule has 2 unspecified atom stereocenters. The molecule has 1 aromatic carbocycles. The van der Waals surface area contributed by atoms with Gasteiger partial charge in [0.25, 0.3) is 0 Å². The molecule has 0 saturated heterocycles. The van der Waals surface area contributed by atoms with E-state index in [4.69, 9.17) is 5.84 Å². The van der Waals surface area contributed by atoms with E-state index in [2.05, 4.69) is 34.8 Å². The zero-order valence-corrected chi connectivity index (χ0v) is 11.9. The first-order valence-corrected chi connectivity index (χ1v) is 7.31. The van der Waals surface area contributed by atoms with Crippen LogP contribution in [0.1, 0.15) is 48.0 Å². The lowest BCUT2D eigenvalue weighted by Crippen LogP contribution is -2.31. The molecule has 4 nitrogen and oxygen atoms in total. The third kappa shape index (κ3) is 2.49. The fourth-order valence-corrected chi connectivity index (χ4v) is 3.38. The van der Waals surface area contributed by atoms with Crippen LogP contribution in [0.25, 0.3) is 0 Å². The summed E-state index contributed by atoms with van der Waals surface area (Å²) in [5.41, 5.74) is 7.12. The summed E-state index contributed by atoms with van der Waals surface area (Å²) >= 11 is 0. The molecule has 1 aliphatic carbocycles. The number of aromatic nitrogens is 2. The van der Waals surface area contributed by atoms with Gasteiger partial charge in [-0.3, -0.25) is 16.0 Å². The summed E-state index contributed by atoms with van der Waals surface area (Å²) in [7, 11) is 1.97. The summed E-state index contributed by atoms with van der Waals surface area (Å²) in [4.78, 5) is 0. The maximum Gasteiger partial charge on any atom is 0.0634 e. The fraction of sp³-hybridized carbons (Fsp3) is 0.438. The van der Waals surface area contributed by atoms with E-state index in [0.717, 1.165) is 12.1 Å². The molecule has 1 heterocycles. The molecule has 106 valence electrons. The minimum absolute atomic E-state index is 0.152. The number of rotatable bonds is 4. The predicted octanol–water partition coefficient (Wildman–Crippen LogP) is 2.43. The number of nitrogens with two attached hydrogens (primary N) is 1. The Morgan fingerprint density at radius 2 is 2.25 bits per heavy atom. The van der Waals surface area contributed by atoms with Crippen molar-refractivity contribution in [3.8, 4) is 0 Å². The number of fused-ring (bicyclic) bond motifs is 1. The van der Waals surface area contributed by atoms with Crippen molar-refractivity contribution < 1.29 is 0 Å². The van der Waals surface area contributed by atoms with Crippen LogP contribution < -0.4 is 11.3 Å². The Bertz CT molecular complexity index is 575. The van der Waals surface area contributed by atoms with Gasteiger partial charge in [-0.1, -0.05) is 24.3 Å². The standard InChI is InChI=1S/C16H22N4/c1-20-16(9-10-18-20)15(19-17)11-13-7-4-6-12-5-2-3-8-14(12)13/h2-3,5,8-10,13,15,19H,4,6-7,11,17H2,1H3. The molecule has 0 radical (unpaired) electrons. The minimum Gasteiger partial charge on any atom is -0.271 e. The topological polar surface area (TPSA) is 55.9 Å². The van der Waals surface area contributed by atoms with Crippen LogP contribution in [0, 0.1) is 0 Å². The second kappa shape index (κ2) is 5.77. The Morgan fingerprint density at radius 3 is 3.00 bits per heavy atom. The van der Waals surface area contributed by atoms with E-state index < -0.39 is 0 Å². The van der Waals surface area contributed by atoms with Gasteiger partial charge >= 0.3 is 0 Å². The quantitative estimate of drug-likeness (QED) is 0.662. The smallest absolute Gasteiger partial charge is 0.0634 e. The lowest BCUT2D eigenvalue weighted by Gasteiger charge is -2.28. The van der Waals surface area contributed by atoms with E-state index in [-0.39, 0.29) is 6.04 Å². The molecule has 0 amide bonds. The Kier molecular flexibility index (Phi) is 3.85. The van der Waals surface area contributed by atoms with Gasteiger partial charge in [-0.2, -0.15) is 5.10 Å². The van der Waals surface area contributed by atoms with Crippen LogP contribution in [0.5, 0.6) is 0 Å². The molecule has 0 fully saturated rings. The van der Waals surface area contributed by atoms with Gasteiger partial charge in [-0.05, 0) is 48.8 Å². The molecule has 1 aromatic heterocycles. The molecule has 3 N–H and O–H groups in total. The predicted molar refractivity (Wildman–Crippen MR) is 80.0 cm³/mol. The van der Waals surface area contributed by atoms with E-state index in [9.17, 15) is 0 Å². The van der Waals surface area contributed by atoms with Crippen molar-refractivity contribution in [3.63, 3.8) is 0 Å². The van der Waals surface area contributed by atoms with Crippen molar-refractivity contribution in [2.45, 2.75) is 37.6 Å². The van der Waals surface area contributed by atoms with Crippen LogP contribution in [0.3, 0.4) is 0 Å². The minimum atomic E-state index is 0.152. The molecular weight excluding hydrogens is 248 g/mol. The van der Waals surface area contributed by atoms with E-state index in [1.54, 1.807) is 0 Å². The third-order valence-electron chi connectivity index (χ3n) is 4.43. The van der Waals surface area contributed by atoms with Crippen molar-refractivity contribution in [2.24, 2.45) is 12.9 Å². The largest absolute Gasteiger partial charge is 0.271 e. The van der Waals surface area contributed by atoms with E-state index in [1.807, 2.05) is 24.0 Å². The molecule has 2 atom stereocenters. The molecule has 4 heteroatoms. The van der Waals surface area contributed by atoms with Crippen molar-refractivity contribution in [1.29, 1.82) is 0 Å². The molecule has 0 aliphatic heterocycles. The molecule has 3 rings (SSSR count). The second-order valence-corrected chi connectivity index (χ2v) is 5.62. The first-order valence-electron chi connectivity index (χ1n) is 7.31. The van der Waals surface area contributed by atoms with E-state index in [0.29, 0.717) is 5.92 Å². The number of benzene rings is 1. The number of nitrogens with one attached hydrogen (secondary N) is 1. The highest BCUT2D eigenvalue weighted by atomic mass is 15.3. The average Bonchev–Trinajstić information content (AvgIpc) is 2.91.